The van der Waals surface area contributed by atoms with Gasteiger partial charge in [0.2, 0.25) is 5.91 Å². The van der Waals surface area contributed by atoms with Gasteiger partial charge in [-0.15, -0.1) is 0 Å². The minimum absolute atomic E-state index is 0.0132. The fraction of sp³-hybridized carbons (Fsp3) is 0.176. The lowest BCUT2D eigenvalue weighted by Crippen LogP contribution is -2.27. The van der Waals surface area contributed by atoms with Gasteiger partial charge in [0.15, 0.2) is 0 Å². The first-order chi connectivity index (χ1) is 10.6. The van der Waals surface area contributed by atoms with Crippen molar-refractivity contribution in [1.82, 2.24) is 0 Å². The number of methoxy groups -OCH3 is 1. The fourth-order valence-corrected chi connectivity index (χ4v) is 2.51. The summed E-state index contributed by atoms with van der Waals surface area (Å²) in [6.45, 7) is 0. The Hall–Kier alpha value is -2.33. The third kappa shape index (κ3) is 2.70. The predicted molar refractivity (Wildman–Crippen MR) is 88.7 cm³/mol. The quantitative estimate of drug-likeness (QED) is 0.845. The molecule has 0 saturated carbocycles. The van der Waals surface area contributed by atoms with Crippen molar-refractivity contribution in [2.75, 3.05) is 19.1 Å². The Labute approximate surface area is 134 Å². The minimum Gasteiger partial charge on any atom is -0.497 e. The van der Waals surface area contributed by atoms with Crippen LogP contribution in [0.3, 0.4) is 0 Å². The van der Waals surface area contributed by atoms with E-state index in [1.165, 1.54) is 0 Å². The minimum atomic E-state index is -0.0132. The Balaban J connectivity index is 2.11. The van der Waals surface area contributed by atoms with Gasteiger partial charge in [-0.05, 0) is 29.8 Å². The molecule has 0 bridgehead atoms. The second-order valence-electron chi connectivity index (χ2n) is 5.05. The fourth-order valence-electron chi connectivity index (χ4n) is 2.38. The van der Waals surface area contributed by atoms with E-state index in [-0.39, 0.29) is 12.3 Å². The third-order valence-corrected chi connectivity index (χ3v) is 3.92. The molecule has 112 valence electrons. The monoisotopic (exact) mass is 314 g/mol. The van der Waals surface area contributed by atoms with Crippen molar-refractivity contribution >= 4 is 34.6 Å². The first-order valence-corrected chi connectivity index (χ1v) is 7.24. The van der Waals surface area contributed by atoms with E-state index < -0.39 is 0 Å². The maximum atomic E-state index is 12.4. The second kappa shape index (κ2) is 5.81. The van der Waals surface area contributed by atoms with E-state index in [4.69, 9.17) is 16.3 Å². The number of hydrogen-bond acceptors (Lipinski definition) is 3. The molecule has 0 aliphatic carbocycles. The molecular weight excluding hydrogens is 300 g/mol. The molecule has 0 atom stereocenters. The van der Waals surface area contributed by atoms with Crippen molar-refractivity contribution in [2.24, 2.45) is 4.99 Å². The smallest absolute Gasteiger partial charge is 0.232 e. The van der Waals surface area contributed by atoms with Crippen LogP contribution in [-0.4, -0.2) is 25.8 Å². The van der Waals surface area contributed by atoms with Gasteiger partial charge in [-0.2, -0.15) is 0 Å². The number of amides is 1. The maximum absolute atomic E-state index is 12.4. The number of benzene rings is 2. The van der Waals surface area contributed by atoms with E-state index in [9.17, 15) is 4.79 Å². The van der Waals surface area contributed by atoms with Gasteiger partial charge in [0, 0.05) is 18.1 Å². The van der Waals surface area contributed by atoms with Gasteiger partial charge >= 0.3 is 0 Å². The Kier molecular flexibility index (Phi) is 3.86. The number of carbonyl (C=O) groups is 1. The molecule has 22 heavy (non-hydrogen) atoms. The molecule has 0 aromatic heterocycles. The van der Waals surface area contributed by atoms with Crippen molar-refractivity contribution in [2.45, 2.75) is 6.42 Å². The molecule has 4 nitrogen and oxygen atoms in total. The molecule has 1 heterocycles. The summed E-state index contributed by atoms with van der Waals surface area (Å²) in [5, 5.41) is 0.659. The van der Waals surface area contributed by atoms with Crippen molar-refractivity contribution < 1.29 is 9.53 Å². The molecule has 1 aliphatic rings. The molecular formula is C17H15ClN2O2. The summed E-state index contributed by atoms with van der Waals surface area (Å²) in [7, 11) is 3.35. The van der Waals surface area contributed by atoms with E-state index in [1.807, 2.05) is 30.3 Å². The van der Waals surface area contributed by atoms with Crippen LogP contribution in [0.1, 0.15) is 12.0 Å². The average Bonchev–Trinajstić information content (AvgIpc) is 2.65. The highest BCUT2D eigenvalue weighted by molar-refractivity contribution is 6.30. The number of nitrogens with zero attached hydrogens (tertiary/aromatic N) is 2. The topological polar surface area (TPSA) is 41.9 Å². The van der Waals surface area contributed by atoms with E-state index in [0.29, 0.717) is 10.8 Å². The highest BCUT2D eigenvalue weighted by Gasteiger charge is 2.22. The second-order valence-corrected chi connectivity index (χ2v) is 5.49. The molecule has 0 fully saturated rings. The summed E-state index contributed by atoms with van der Waals surface area (Å²) < 4.78 is 5.23. The zero-order chi connectivity index (χ0) is 15.7. The molecule has 0 spiro atoms. The number of halogens is 1. The van der Waals surface area contributed by atoms with E-state index >= 15 is 0 Å². The Bertz CT molecular complexity index is 754. The molecule has 2 aromatic rings. The number of carbonyl (C=O) groups excluding carboxylic acids is 1. The zero-order valence-electron chi connectivity index (χ0n) is 12.3. The van der Waals surface area contributed by atoms with Crippen LogP contribution in [0.15, 0.2) is 47.5 Å². The van der Waals surface area contributed by atoms with E-state index in [2.05, 4.69) is 4.99 Å². The van der Waals surface area contributed by atoms with E-state index in [1.54, 1.807) is 31.2 Å². The SMILES string of the molecule is COc1ccc2c(c1)N(C)C(=O)CC(c1ccc(Cl)cc1)=N2. The molecule has 0 N–H and O–H groups in total. The summed E-state index contributed by atoms with van der Waals surface area (Å²) in [4.78, 5) is 18.7. The summed E-state index contributed by atoms with van der Waals surface area (Å²) >= 11 is 5.92. The van der Waals surface area contributed by atoms with E-state index in [0.717, 1.165) is 22.6 Å². The van der Waals surface area contributed by atoms with Gasteiger partial charge in [-0.3, -0.25) is 9.79 Å². The molecule has 0 radical (unpaired) electrons. The number of fused-ring (bicyclic) bond motifs is 1. The summed E-state index contributed by atoms with van der Waals surface area (Å²) in [6, 6.07) is 12.9. The zero-order valence-corrected chi connectivity index (χ0v) is 13.1. The molecule has 3 rings (SSSR count). The Morgan fingerprint density at radius 1 is 1.18 bits per heavy atom. The molecule has 0 saturated heterocycles. The van der Waals surface area contributed by atoms with Crippen LogP contribution in [0.2, 0.25) is 5.02 Å². The standard InChI is InChI=1S/C17H15ClN2O2/c1-20-16-9-13(22-2)7-8-14(16)19-15(10-17(20)21)11-3-5-12(18)6-4-11/h3-9H,10H2,1-2H3. The lowest BCUT2D eigenvalue weighted by Gasteiger charge is -2.17. The van der Waals surface area contributed by atoms with Gasteiger partial charge < -0.3 is 9.64 Å². The highest BCUT2D eigenvalue weighted by Crippen LogP contribution is 2.35. The molecule has 0 unspecified atom stereocenters. The summed E-state index contributed by atoms with van der Waals surface area (Å²) in [6.07, 6.45) is 0.245. The first kappa shape index (κ1) is 14.6. The van der Waals surface area contributed by atoms with Crippen LogP contribution in [0.5, 0.6) is 5.75 Å². The van der Waals surface area contributed by atoms with Crippen LogP contribution in [0.25, 0.3) is 0 Å². The first-order valence-electron chi connectivity index (χ1n) is 6.86. The van der Waals surface area contributed by atoms with Gasteiger partial charge in [-0.25, -0.2) is 0 Å². The van der Waals surface area contributed by atoms with Crippen molar-refractivity contribution in [3.63, 3.8) is 0 Å². The summed E-state index contributed by atoms with van der Waals surface area (Å²) in [5.41, 5.74) is 3.12. The molecule has 5 heteroatoms. The molecule has 1 aliphatic heterocycles. The normalized spacial score (nSPS) is 14.2. The van der Waals surface area contributed by atoms with Gasteiger partial charge in [0.1, 0.15) is 5.75 Å². The van der Waals surface area contributed by atoms with Gasteiger partial charge in [-0.1, -0.05) is 23.7 Å². The number of hydrogen-bond donors (Lipinski definition) is 0. The Morgan fingerprint density at radius 3 is 2.59 bits per heavy atom. The van der Waals surface area contributed by atoms with Crippen molar-refractivity contribution in [1.29, 1.82) is 0 Å². The predicted octanol–water partition coefficient (Wildman–Crippen LogP) is 3.84. The number of aliphatic imine (C=N–C) groups is 1. The average molecular weight is 315 g/mol. The van der Waals surface area contributed by atoms with Crippen molar-refractivity contribution in [3.8, 4) is 5.75 Å². The van der Waals surface area contributed by atoms with Crippen LogP contribution < -0.4 is 9.64 Å². The van der Waals surface area contributed by atoms with Gasteiger partial charge in [0.25, 0.3) is 0 Å². The lowest BCUT2D eigenvalue weighted by atomic mass is 10.1. The van der Waals surface area contributed by atoms with Crippen LogP contribution in [-0.2, 0) is 4.79 Å². The summed E-state index contributed by atoms with van der Waals surface area (Å²) in [5.74, 6) is 0.684. The Morgan fingerprint density at radius 2 is 1.91 bits per heavy atom. The number of anilines is 1. The number of rotatable bonds is 2. The van der Waals surface area contributed by atoms with Crippen molar-refractivity contribution in [3.05, 3.63) is 53.1 Å². The lowest BCUT2D eigenvalue weighted by molar-refractivity contribution is -0.117. The van der Waals surface area contributed by atoms with Gasteiger partial charge in [0.05, 0.1) is 30.6 Å². The number of ether oxygens (including phenoxy) is 1. The van der Waals surface area contributed by atoms with Crippen LogP contribution in [0.4, 0.5) is 11.4 Å². The highest BCUT2D eigenvalue weighted by atomic mass is 35.5. The largest absolute Gasteiger partial charge is 0.497 e. The molecule has 2 aromatic carbocycles. The maximum Gasteiger partial charge on any atom is 0.232 e. The molecule has 1 amide bonds. The van der Waals surface area contributed by atoms with Crippen LogP contribution in [0, 0.1) is 0 Å². The van der Waals surface area contributed by atoms with Crippen LogP contribution >= 0.6 is 11.6 Å². The third-order valence-electron chi connectivity index (χ3n) is 3.67.